The van der Waals surface area contributed by atoms with Crippen molar-refractivity contribution < 1.29 is 9.90 Å². The Bertz CT molecular complexity index is 396. The van der Waals surface area contributed by atoms with Gasteiger partial charge < -0.3 is 9.90 Å². The quantitative estimate of drug-likeness (QED) is 0.863. The number of carbonyl (C=O) groups is 1. The maximum atomic E-state index is 11.3. The van der Waals surface area contributed by atoms with Crippen LogP contribution in [0.4, 0.5) is 0 Å². The molecular formula is C16H24O2. The molecule has 1 unspecified atom stereocenters. The van der Waals surface area contributed by atoms with Crippen LogP contribution in [0.15, 0.2) is 24.3 Å². The molecular weight excluding hydrogens is 224 g/mol. The second-order valence-corrected chi connectivity index (χ2v) is 5.93. The van der Waals surface area contributed by atoms with Gasteiger partial charge in [-0.05, 0) is 37.8 Å². The maximum Gasteiger partial charge on any atom is 0.130 e. The molecule has 0 aliphatic heterocycles. The highest BCUT2D eigenvalue weighted by atomic mass is 16.3. The third-order valence-corrected chi connectivity index (χ3v) is 3.35. The van der Waals surface area contributed by atoms with Gasteiger partial charge in [0.05, 0.1) is 5.60 Å². The molecule has 0 saturated carbocycles. The van der Waals surface area contributed by atoms with E-state index in [2.05, 4.69) is 26.0 Å². The molecule has 1 rings (SSSR count). The summed E-state index contributed by atoms with van der Waals surface area (Å²) in [4.78, 5) is 11.3. The fraction of sp³-hybridized carbons (Fsp3) is 0.562. The van der Waals surface area contributed by atoms with Gasteiger partial charge in [0.25, 0.3) is 0 Å². The lowest BCUT2D eigenvalue weighted by Crippen LogP contribution is -2.30. The second-order valence-electron chi connectivity index (χ2n) is 5.93. The molecule has 1 aromatic rings. The third-order valence-electron chi connectivity index (χ3n) is 3.35. The average Bonchev–Trinajstić information content (AvgIpc) is 2.24. The van der Waals surface area contributed by atoms with Gasteiger partial charge in [0, 0.05) is 12.3 Å². The molecule has 18 heavy (non-hydrogen) atoms. The minimum atomic E-state index is -0.884. The molecule has 2 heteroatoms. The first-order chi connectivity index (χ1) is 8.21. The largest absolute Gasteiger partial charge is 0.390 e. The Morgan fingerprint density at radius 2 is 1.61 bits per heavy atom. The van der Waals surface area contributed by atoms with Crippen LogP contribution in [0.5, 0.6) is 0 Å². The SMILES string of the molecule is CC(=O)CC(c1ccc(C(C)C)cc1)C(C)(C)O. The monoisotopic (exact) mass is 248 g/mol. The zero-order chi connectivity index (χ0) is 13.9. The van der Waals surface area contributed by atoms with Crippen LogP contribution in [0.2, 0.25) is 0 Å². The first-order valence-electron chi connectivity index (χ1n) is 6.53. The van der Waals surface area contributed by atoms with E-state index < -0.39 is 5.60 Å². The van der Waals surface area contributed by atoms with Gasteiger partial charge in [0.15, 0.2) is 0 Å². The van der Waals surface area contributed by atoms with Crippen LogP contribution in [0, 0.1) is 0 Å². The summed E-state index contributed by atoms with van der Waals surface area (Å²) < 4.78 is 0. The highest BCUT2D eigenvalue weighted by molar-refractivity contribution is 5.76. The molecule has 100 valence electrons. The summed E-state index contributed by atoms with van der Waals surface area (Å²) >= 11 is 0. The molecule has 0 spiro atoms. The molecule has 2 nitrogen and oxygen atoms in total. The van der Waals surface area contributed by atoms with Gasteiger partial charge in [-0.3, -0.25) is 0 Å². The fourth-order valence-corrected chi connectivity index (χ4v) is 2.18. The van der Waals surface area contributed by atoms with Gasteiger partial charge in [0.1, 0.15) is 5.78 Å². The van der Waals surface area contributed by atoms with E-state index in [1.54, 1.807) is 20.8 Å². The van der Waals surface area contributed by atoms with Crippen molar-refractivity contribution in [2.75, 3.05) is 0 Å². The number of aliphatic hydroxyl groups is 1. The maximum absolute atomic E-state index is 11.3. The summed E-state index contributed by atoms with van der Waals surface area (Å²) in [6.07, 6.45) is 0.379. The van der Waals surface area contributed by atoms with Gasteiger partial charge in [-0.1, -0.05) is 38.1 Å². The number of hydrogen-bond acceptors (Lipinski definition) is 2. The minimum Gasteiger partial charge on any atom is -0.390 e. The van der Waals surface area contributed by atoms with Crippen molar-refractivity contribution in [1.82, 2.24) is 0 Å². The molecule has 1 N–H and O–H groups in total. The van der Waals surface area contributed by atoms with Gasteiger partial charge in [-0.15, -0.1) is 0 Å². The van der Waals surface area contributed by atoms with Crippen molar-refractivity contribution in [2.45, 2.75) is 58.5 Å². The first kappa shape index (κ1) is 14.9. The lowest BCUT2D eigenvalue weighted by molar-refractivity contribution is -0.118. The van der Waals surface area contributed by atoms with Crippen LogP contribution >= 0.6 is 0 Å². The number of hydrogen-bond donors (Lipinski definition) is 1. The molecule has 1 aromatic carbocycles. The molecule has 0 heterocycles. The van der Waals surface area contributed by atoms with Gasteiger partial charge >= 0.3 is 0 Å². The van der Waals surface area contributed by atoms with E-state index in [1.807, 2.05) is 12.1 Å². The summed E-state index contributed by atoms with van der Waals surface area (Å²) in [5, 5.41) is 10.2. The number of ketones is 1. The Kier molecular flexibility index (Phi) is 4.69. The second kappa shape index (κ2) is 5.66. The smallest absolute Gasteiger partial charge is 0.130 e. The van der Waals surface area contributed by atoms with E-state index in [0.717, 1.165) is 5.56 Å². The number of rotatable bonds is 5. The van der Waals surface area contributed by atoms with Crippen molar-refractivity contribution in [3.63, 3.8) is 0 Å². The minimum absolute atomic E-state index is 0.107. The van der Waals surface area contributed by atoms with Gasteiger partial charge in [0.2, 0.25) is 0 Å². The zero-order valence-corrected chi connectivity index (χ0v) is 12.0. The molecule has 1 atom stereocenters. The molecule has 0 fully saturated rings. The summed E-state index contributed by atoms with van der Waals surface area (Å²) in [5.74, 6) is 0.457. The topological polar surface area (TPSA) is 37.3 Å². The van der Waals surface area contributed by atoms with Crippen LogP contribution in [0.3, 0.4) is 0 Å². The van der Waals surface area contributed by atoms with E-state index in [1.165, 1.54) is 5.56 Å². The van der Waals surface area contributed by atoms with E-state index in [4.69, 9.17) is 0 Å². The molecule has 0 aliphatic carbocycles. The third kappa shape index (κ3) is 3.95. The van der Waals surface area contributed by atoms with Crippen LogP contribution in [-0.2, 0) is 4.79 Å². The molecule has 0 aliphatic rings. The van der Waals surface area contributed by atoms with Crippen LogP contribution in [-0.4, -0.2) is 16.5 Å². The fourth-order valence-electron chi connectivity index (χ4n) is 2.18. The molecule has 0 aromatic heterocycles. The standard InChI is InChI=1S/C16H24O2/c1-11(2)13-6-8-14(9-7-13)15(10-12(3)17)16(4,5)18/h6-9,11,15,18H,10H2,1-5H3. The number of benzene rings is 1. The van der Waals surface area contributed by atoms with Crippen molar-refractivity contribution >= 4 is 5.78 Å². The Morgan fingerprint density at radius 1 is 1.17 bits per heavy atom. The van der Waals surface area contributed by atoms with Crippen molar-refractivity contribution in [2.24, 2.45) is 0 Å². The van der Waals surface area contributed by atoms with Crippen molar-refractivity contribution in [1.29, 1.82) is 0 Å². The zero-order valence-electron chi connectivity index (χ0n) is 12.0. The summed E-state index contributed by atoms with van der Waals surface area (Å²) in [6, 6.07) is 8.22. The summed E-state index contributed by atoms with van der Waals surface area (Å²) in [7, 11) is 0. The molecule has 0 radical (unpaired) electrons. The Labute approximate surface area is 110 Å². The van der Waals surface area contributed by atoms with E-state index >= 15 is 0 Å². The first-order valence-corrected chi connectivity index (χ1v) is 6.53. The highest BCUT2D eigenvalue weighted by Crippen LogP contribution is 2.32. The number of carbonyl (C=O) groups excluding carboxylic acids is 1. The predicted molar refractivity (Wildman–Crippen MR) is 74.9 cm³/mol. The van der Waals surface area contributed by atoms with E-state index in [-0.39, 0.29) is 11.7 Å². The highest BCUT2D eigenvalue weighted by Gasteiger charge is 2.29. The van der Waals surface area contributed by atoms with Crippen LogP contribution in [0.1, 0.15) is 64.0 Å². The molecule has 0 saturated heterocycles. The lowest BCUT2D eigenvalue weighted by atomic mass is 9.81. The average molecular weight is 248 g/mol. The van der Waals surface area contributed by atoms with Gasteiger partial charge in [-0.25, -0.2) is 0 Å². The molecule has 0 bridgehead atoms. The van der Waals surface area contributed by atoms with E-state index in [9.17, 15) is 9.90 Å². The lowest BCUT2D eigenvalue weighted by Gasteiger charge is -2.29. The Balaban J connectivity index is 3.02. The van der Waals surface area contributed by atoms with Crippen LogP contribution < -0.4 is 0 Å². The van der Waals surface area contributed by atoms with Gasteiger partial charge in [-0.2, -0.15) is 0 Å². The van der Waals surface area contributed by atoms with Crippen LogP contribution in [0.25, 0.3) is 0 Å². The Hall–Kier alpha value is -1.15. The molecule has 0 amide bonds. The van der Waals surface area contributed by atoms with Crippen molar-refractivity contribution in [3.8, 4) is 0 Å². The Morgan fingerprint density at radius 3 is 1.94 bits per heavy atom. The van der Waals surface area contributed by atoms with E-state index in [0.29, 0.717) is 12.3 Å². The predicted octanol–water partition coefficient (Wildman–Crippen LogP) is 3.64. The van der Waals surface area contributed by atoms with Crippen molar-refractivity contribution in [3.05, 3.63) is 35.4 Å². The normalized spacial score (nSPS) is 13.7. The number of Topliss-reactive ketones (excluding diaryl/α,β-unsaturated/α-hetero) is 1. The summed E-state index contributed by atoms with van der Waals surface area (Å²) in [5.41, 5.74) is 1.42. The summed E-state index contributed by atoms with van der Waals surface area (Å²) in [6.45, 7) is 9.39.